The van der Waals surface area contributed by atoms with Gasteiger partial charge in [0.2, 0.25) is 5.91 Å². The van der Waals surface area contributed by atoms with Gasteiger partial charge in [-0.25, -0.2) is 27.2 Å². The largest absolute Gasteiger partial charge is 0.322 e. The van der Waals surface area contributed by atoms with Gasteiger partial charge in [0, 0.05) is 11.8 Å². The Labute approximate surface area is 202 Å². The zero-order valence-electron chi connectivity index (χ0n) is 19.0. The number of halogens is 4. The van der Waals surface area contributed by atoms with Crippen LogP contribution in [-0.2, 0) is 17.9 Å². The van der Waals surface area contributed by atoms with Gasteiger partial charge in [0.15, 0.2) is 5.65 Å². The third-order valence-corrected chi connectivity index (χ3v) is 5.81. The summed E-state index contributed by atoms with van der Waals surface area (Å²) in [5.74, 6) is -0.535. The van der Waals surface area contributed by atoms with E-state index in [4.69, 9.17) is 0 Å². The maximum Gasteiger partial charge on any atom is 0.280 e. The van der Waals surface area contributed by atoms with Crippen molar-refractivity contribution in [2.45, 2.75) is 32.9 Å². The molecule has 0 unspecified atom stereocenters. The number of aryl methyl sites for hydroxylation is 1. The second-order valence-electron chi connectivity index (χ2n) is 8.29. The van der Waals surface area contributed by atoms with Crippen molar-refractivity contribution in [2.75, 3.05) is 5.32 Å². The Balaban J connectivity index is 1.35. The lowest BCUT2D eigenvalue weighted by molar-refractivity contribution is -0.116. The molecule has 0 atom stereocenters. The zero-order chi connectivity index (χ0) is 25.4. The molecule has 0 fully saturated rings. The summed E-state index contributed by atoms with van der Waals surface area (Å²) in [6, 6.07) is 14.7. The molecule has 0 aliphatic heterocycles. The summed E-state index contributed by atoms with van der Waals surface area (Å²) in [7, 11) is 0. The molecule has 5 aromatic rings. The van der Waals surface area contributed by atoms with Gasteiger partial charge in [0.1, 0.15) is 12.2 Å². The molecule has 0 spiro atoms. The minimum absolute atomic E-state index is 0.0369. The molecule has 0 radical (unpaired) electrons. The monoisotopic (exact) mass is 496 g/mol. The Morgan fingerprint density at radius 1 is 1.06 bits per heavy atom. The van der Waals surface area contributed by atoms with Crippen LogP contribution in [-0.4, -0.2) is 30.5 Å². The number of benzene rings is 2. The number of hydrogen-bond donors (Lipinski definition) is 1. The Hall–Kier alpha value is -4.28. The van der Waals surface area contributed by atoms with Crippen molar-refractivity contribution in [3.05, 3.63) is 83.4 Å². The molecule has 0 aliphatic carbocycles. The van der Waals surface area contributed by atoms with Gasteiger partial charge in [-0.15, -0.1) is 0 Å². The third kappa shape index (κ3) is 4.51. The number of anilines is 1. The maximum atomic E-state index is 13.5. The number of aromatic nitrogens is 5. The van der Waals surface area contributed by atoms with Crippen LogP contribution >= 0.6 is 0 Å². The number of amides is 1. The fourth-order valence-electron chi connectivity index (χ4n) is 4.26. The summed E-state index contributed by atoms with van der Waals surface area (Å²) in [6.45, 7) is 1.54. The number of carbonyl (C=O) groups is 1. The standard InChI is InChI=1S/C25H20F4N6O/c1-14-22-19(23(26)27)9-20(24(28)29)32-25(22)35(33-14)13-21(36)31-17-10-30-34(12-17)11-16-7-4-6-15-5-2-3-8-18(15)16/h2-10,12,23-24H,11,13H2,1H3,(H,31,36). The molecule has 0 bridgehead atoms. The van der Waals surface area contributed by atoms with Crippen molar-refractivity contribution in [1.29, 1.82) is 0 Å². The maximum absolute atomic E-state index is 13.5. The van der Waals surface area contributed by atoms with Gasteiger partial charge in [-0.1, -0.05) is 42.5 Å². The SMILES string of the molecule is Cc1nn(CC(=O)Nc2cnn(Cc3cccc4ccccc34)c2)c2nc(C(F)F)cc(C(F)F)c12. The van der Waals surface area contributed by atoms with E-state index in [1.54, 1.807) is 10.9 Å². The summed E-state index contributed by atoms with van der Waals surface area (Å²) < 4.78 is 56.3. The van der Waals surface area contributed by atoms with Gasteiger partial charge in [-0.2, -0.15) is 10.2 Å². The number of rotatable bonds is 7. The highest BCUT2D eigenvalue weighted by Gasteiger charge is 2.24. The third-order valence-electron chi connectivity index (χ3n) is 5.81. The minimum atomic E-state index is -3.04. The molecule has 7 nitrogen and oxygen atoms in total. The van der Waals surface area contributed by atoms with Crippen LogP contribution < -0.4 is 5.32 Å². The van der Waals surface area contributed by atoms with Crippen LogP contribution in [0.2, 0.25) is 0 Å². The van der Waals surface area contributed by atoms with Crippen LogP contribution in [0.15, 0.2) is 60.9 Å². The van der Waals surface area contributed by atoms with E-state index < -0.39 is 36.6 Å². The highest BCUT2D eigenvalue weighted by atomic mass is 19.3. The van der Waals surface area contributed by atoms with Crippen molar-refractivity contribution >= 4 is 33.4 Å². The van der Waals surface area contributed by atoms with E-state index in [0.29, 0.717) is 18.3 Å². The van der Waals surface area contributed by atoms with Crippen LogP contribution in [0.1, 0.15) is 35.4 Å². The van der Waals surface area contributed by atoms with Crippen LogP contribution in [0, 0.1) is 6.92 Å². The summed E-state index contributed by atoms with van der Waals surface area (Å²) in [4.78, 5) is 16.5. The average molecular weight is 496 g/mol. The van der Waals surface area contributed by atoms with Crippen LogP contribution in [0.3, 0.4) is 0 Å². The molecule has 3 aromatic heterocycles. The second-order valence-corrected chi connectivity index (χ2v) is 8.29. The van der Waals surface area contributed by atoms with E-state index in [1.165, 1.54) is 13.1 Å². The predicted molar refractivity (Wildman–Crippen MR) is 126 cm³/mol. The van der Waals surface area contributed by atoms with Gasteiger partial charge >= 0.3 is 0 Å². The molecule has 11 heteroatoms. The fourth-order valence-corrected chi connectivity index (χ4v) is 4.26. The lowest BCUT2D eigenvalue weighted by Gasteiger charge is -2.08. The van der Waals surface area contributed by atoms with Gasteiger partial charge in [0.25, 0.3) is 12.9 Å². The number of carbonyl (C=O) groups excluding carboxylic acids is 1. The van der Waals surface area contributed by atoms with Crippen molar-refractivity contribution in [1.82, 2.24) is 24.5 Å². The zero-order valence-corrected chi connectivity index (χ0v) is 19.0. The van der Waals surface area contributed by atoms with Gasteiger partial charge in [-0.3, -0.25) is 9.48 Å². The lowest BCUT2D eigenvalue weighted by atomic mass is 10.0. The van der Waals surface area contributed by atoms with E-state index in [9.17, 15) is 22.4 Å². The normalized spacial score (nSPS) is 11.8. The van der Waals surface area contributed by atoms with E-state index in [-0.39, 0.29) is 16.7 Å². The van der Waals surface area contributed by atoms with Crippen molar-refractivity contribution in [2.24, 2.45) is 0 Å². The lowest BCUT2D eigenvalue weighted by Crippen LogP contribution is -2.19. The van der Waals surface area contributed by atoms with E-state index in [2.05, 4.69) is 20.5 Å². The van der Waals surface area contributed by atoms with E-state index in [1.807, 2.05) is 42.5 Å². The second kappa shape index (κ2) is 9.40. The molecule has 36 heavy (non-hydrogen) atoms. The molecule has 0 saturated carbocycles. The summed E-state index contributed by atoms with van der Waals surface area (Å²) in [5.41, 5.74) is 0.0705. The summed E-state index contributed by atoms with van der Waals surface area (Å²) in [5, 5.41) is 13.2. The fraction of sp³-hybridized carbons (Fsp3) is 0.200. The first-order valence-electron chi connectivity index (χ1n) is 11.0. The first kappa shape index (κ1) is 23.5. The molecule has 1 amide bonds. The van der Waals surface area contributed by atoms with E-state index >= 15 is 0 Å². The van der Waals surface area contributed by atoms with Gasteiger partial charge < -0.3 is 5.32 Å². The molecule has 5 rings (SSSR count). The number of alkyl halides is 4. The Bertz CT molecular complexity index is 1570. The number of nitrogens with zero attached hydrogens (tertiary/aromatic N) is 5. The molecule has 3 heterocycles. The number of hydrogen-bond acceptors (Lipinski definition) is 4. The van der Waals surface area contributed by atoms with Gasteiger partial charge in [0.05, 0.1) is 29.5 Å². The van der Waals surface area contributed by atoms with Crippen molar-refractivity contribution in [3.8, 4) is 0 Å². The summed E-state index contributed by atoms with van der Waals surface area (Å²) in [6.07, 6.45) is -2.89. The highest BCUT2D eigenvalue weighted by molar-refractivity contribution is 5.92. The molecular formula is C25H20F4N6O. The smallest absolute Gasteiger partial charge is 0.280 e. The highest BCUT2D eigenvalue weighted by Crippen LogP contribution is 2.32. The van der Waals surface area contributed by atoms with Crippen molar-refractivity contribution < 1.29 is 22.4 Å². The number of pyridine rings is 1. The Morgan fingerprint density at radius 3 is 2.61 bits per heavy atom. The first-order chi connectivity index (χ1) is 17.3. The van der Waals surface area contributed by atoms with Crippen molar-refractivity contribution in [3.63, 3.8) is 0 Å². The molecule has 184 valence electrons. The van der Waals surface area contributed by atoms with Crippen LogP contribution in [0.5, 0.6) is 0 Å². The molecular weight excluding hydrogens is 476 g/mol. The van der Waals surface area contributed by atoms with Crippen LogP contribution in [0.25, 0.3) is 21.8 Å². The summed E-state index contributed by atoms with van der Waals surface area (Å²) >= 11 is 0. The minimum Gasteiger partial charge on any atom is -0.322 e. The number of nitrogens with one attached hydrogen (secondary N) is 1. The molecule has 0 aliphatic rings. The quantitative estimate of drug-likeness (QED) is 0.295. The van der Waals surface area contributed by atoms with E-state index in [0.717, 1.165) is 21.0 Å². The van der Waals surface area contributed by atoms with Crippen LogP contribution in [0.4, 0.5) is 23.2 Å². The topological polar surface area (TPSA) is 77.6 Å². The molecule has 0 saturated heterocycles. The average Bonchev–Trinajstić information content (AvgIpc) is 3.42. The molecule has 2 aromatic carbocycles. The first-order valence-corrected chi connectivity index (χ1v) is 11.0. The van der Waals surface area contributed by atoms with Gasteiger partial charge in [-0.05, 0) is 29.3 Å². The number of fused-ring (bicyclic) bond motifs is 2. The Morgan fingerprint density at radius 2 is 1.83 bits per heavy atom. The predicted octanol–water partition coefficient (Wildman–Crippen LogP) is 5.65. The molecule has 1 N–H and O–H groups in total. The Kier molecular flexibility index (Phi) is 6.13.